The average Bonchev–Trinajstić information content (AvgIpc) is 2.50. The van der Waals surface area contributed by atoms with Crippen molar-refractivity contribution in [2.24, 2.45) is 0 Å². The maximum absolute atomic E-state index is 12.3. The predicted octanol–water partition coefficient (Wildman–Crippen LogP) is 2.43. The van der Waals surface area contributed by atoms with Crippen LogP contribution in [0.2, 0.25) is 0 Å². The third-order valence-electron chi connectivity index (χ3n) is 3.96. The Balaban J connectivity index is 2.30. The summed E-state index contributed by atoms with van der Waals surface area (Å²) in [4.78, 5) is 14.5. The zero-order valence-electron chi connectivity index (χ0n) is 11.9. The second-order valence-corrected chi connectivity index (χ2v) is 5.15. The summed E-state index contributed by atoms with van der Waals surface area (Å²) in [6.45, 7) is 1.54. The molecule has 1 heterocycles. The van der Waals surface area contributed by atoms with Gasteiger partial charge in [-0.15, -0.1) is 6.42 Å². The summed E-state index contributed by atoms with van der Waals surface area (Å²) in [5, 5.41) is 0. The number of carbonyl (C=O) groups is 1. The van der Waals surface area contributed by atoms with Crippen LogP contribution in [0.3, 0.4) is 0 Å². The molecule has 1 aromatic rings. The van der Waals surface area contributed by atoms with Crippen molar-refractivity contribution >= 4 is 5.97 Å². The quantitative estimate of drug-likeness (QED) is 0.622. The predicted molar refractivity (Wildman–Crippen MR) is 79.2 cm³/mol. The van der Waals surface area contributed by atoms with Gasteiger partial charge < -0.3 is 4.74 Å². The maximum Gasteiger partial charge on any atom is 0.314 e. The molecule has 0 amide bonds. The summed E-state index contributed by atoms with van der Waals surface area (Å²) in [5.41, 5.74) is 1.01. The molecule has 20 heavy (non-hydrogen) atoms. The van der Waals surface area contributed by atoms with Gasteiger partial charge in [0, 0.05) is 6.04 Å². The second-order valence-electron chi connectivity index (χ2n) is 5.15. The van der Waals surface area contributed by atoms with E-state index < -0.39 is 0 Å². The van der Waals surface area contributed by atoms with Crippen LogP contribution in [0.4, 0.5) is 0 Å². The Hall–Kier alpha value is -1.79. The van der Waals surface area contributed by atoms with Gasteiger partial charge in [0.1, 0.15) is 0 Å². The molecule has 106 valence electrons. The van der Waals surface area contributed by atoms with Crippen molar-refractivity contribution in [3.8, 4) is 12.3 Å². The van der Waals surface area contributed by atoms with Crippen LogP contribution < -0.4 is 0 Å². The summed E-state index contributed by atoms with van der Waals surface area (Å²) in [6, 6.07) is 9.99. The molecule has 0 bridgehead atoms. The summed E-state index contributed by atoms with van der Waals surface area (Å²) in [5.74, 6) is 2.27. The van der Waals surface area contributed by atoms with Gasteiger partial charge in [-0.05, 0) is 24.9 Å². The lowest BCUT2D eigenvalue weighted by atomic mass is 9.85. The van der Waals surface area contributed by atoms with Crippen LogP contribution in [0.15, 0.2) is 30.3 Å². The van der Waals surface area contributed by atoms with Crippen molar-refractivity contribution in [2.45, 2.75) is 31.2 Å². The third-order valence-corrected chi connectivity index (χ3v) is 3.96. The van der Waals surface area contributed by atoms with Gasteiger partial charge >= 0.3 is 5.97 Å². The van der Waals surface area contributed by atoms with Crippen LogP contribution in [0.1, 0.15) is 30.7 Å². The van der Waals surface area contributed by atoms with E-state index in [9.17, 15) is 4.79 Å². The summed E-state index contributed by atoms with van der Waals surface area (Å²) in [6.07, 6.45) is 8.71. The molecular formula is C17H21NO2. The van der Waals surface area contributed by atoms with Crippen LogP contribution in [-0.4, -0.2) is 37.1 Å². The van der Waals surface area contributed by atoms with Gasteiger partial charge in [-0.25, -0.2) is 0 Å². The third kappa shape index (κ3) is 3.20. The maximum atomic E-state index is 12.3. The number of rotatable bonds is 4. The lowest BCUT2D eigenvalue weighted by Gasteiger charge is -2.38. The van der Waals surface area contributed by atoms with E-state index in [2.05, 4.69) is 10.8 Å². The molecule has 0 N–H and O–H groups in total. The number of nitrogens with zero attached hydrogens (tertiary/aromatic N) is 1. The summed E-state index contributed by atoms with van der Waals surface area (Å²) < 4.78 is 5.03. The van der Waals surface area contributed by atoms with Gasteiger partial charge in [-0.3, -0.25) is 9.69 Å². The van der Waals surface area contributed by atoms with Crippen molar-refractivity contribution in [3.63, 3.8) is 0 Å². The fourth-order valence-corrected chi connectivity index (χ4v) is 3.01. The number of esters is 1. The summed E-state index contributed by atoms with van der Waals surface area (Å²) >= 11 is 0. The van der Waals surface area contributed by atoms with Crippen molar-refractivity contribution in [2.75, 3.05) is 20.2 Å². The Morgan fingerprint density at radius 3 is 2.85 bits per heavy atom. The normalized spacial score (nSPS) is 20.9. The van der Waals surface area contributed by atoms with Crippen LogP contribution in [0, 0.1) is 12.3 Å². The Labute approximate surface area is 120 Å². The molecule has 1 fully saturated rings. The SMILES string of the molecule is C#CCN1CCCCC1C(C(=O)OC)c1ccccc1. The molecule has 0 aromatic heterocycles. The number of hydrogen-bond acceptors (Lipinski definition) is 3. The van der Waals surface area contributed by atoms with Gasteiger partial charge in [-0.1, -0.05) is 42.7 Å². The number of piperidine rings is 1. The second kappa shape index (κ2) is 7.12. The number of ether oxygens (including phenoxy) is 1. The molecule has 1 aromatic carbocycles. The van der Waals surface area contributed by atoms with Crippen molar-refractivity contribution < 1.29 is 9.53 Å². The minimum Gasteiger partial charge on any atom is -0.469 e. The largest absolute Gasteiger partial charge is 0.469 e. The van der Waals surface area contributed by atoms with Crippen LogP contribution in [-0.2, 0) is 9.53 Å². The van der Waals surface area contributed by atoms with E-state index in [1.165, 1.54) is 7.11 Å². The van der Waals surface area contributed by atoms with Crippen molar-refractivity contribution in [1.29, 1.82) is 0 Å². The molecular weight excluding hydrogens is 250 g/mol. The van der Waals surface area contributed by atoms with Crippen molar-refractivity contribution in [1.82, 2.24) is 4.90 Å². The molecule has 3 nitrogen and oxygen atoms in total. The van der Waals surface area contributed by atoms with Gasteiger partial charge in [0.15, 0.2) is 0 Å². The highest BCUT2D eigenvalue weighted by Gasteiger charge is 2.35. The topological polar surface area (TPSA) is 29.5 Å². The zero-order chi connectivity index (χ0) is 14.4. The number of methoxy groups -OCH3 is 1. The molecule has 1 saturated heterocycles. The molecule has 1 aliphatic rings. The molecule has 0 aliphatic carbocycles. The van der Waals surface area contributed by atoms with E-state index in [-0.39, 0.29) is 17.9 Å². The molecule has 0 spiro atoms. The van der Waals surface area contributed by atoms with E-state index in [1.54, 1.807) is 0 Å². The Kier molecular flexibility index (Phi) is 5.20. The molecule has 2 rings (SSSR count). The number of carbonyl (C=O) groups excluding carboxylic acids is 1. The first-order valence-electron chi connectivity index (χ1n) is 7.08. The molecule has 2 unspecified atom stereocenters. The van der Waals surface area contributed by atoms with E-state index >= 15 is 0 Å². The minimum atomic E-state index is -0.255. The van der Waals surface area contributed by atoms with Gasteiger partial charge in [0.05, 0.1) is 19.6 Å². The molecule has 0 radical (unpaired) electrons. The van der Waals surface area contributed by atoms with Crippen molar-refractivity contribution in [3.05, 3.63) is 35.9 Å². The van der Waals surface area contributed by atoms with Crippen LogP contribution in [0.25, 0.3) is 0 Å². The zero-order valence-corrected chi connectivity index (χ0v) is 11.9. The van der Waals surface area contributed by atoms with Gasteiger partial charge in [0.2, 0.25) is 0 Å². The Bertz CT molecular complexity index is 478. The Morgan fingerprint density at radius 2 is 2.20 bits per heavy atom. The smallest absolute Gasteiger partial charge is 0.314 e. The fourth-order valence-electron chi connectivity index (χ4n) is 3.01. The highest BCUT2D eigenvalue weighted by Crippen LogP contribution is 2.31. The van der Waals surface area contributed by atoms with Crippen LogP contribution in [0.5, 0.6) is 0 Å². The summed E-state index contributed by atoms with van der Waals surface area (Å²) in [7, 11) is 1.45. The number of likely N-dealkylation sites (tertiary alicyclic amines) is 1. The molecule has 3 heteroatoms. The van der Waals surface area contributed by atoms with Crippen LogP contribution >= 0.6 is 0 Å². The number of benzene rings is 1. The first-order chi connectivity index (χ1) is 9.77. The number of hydrogen-bond donors (Lipinski definition) is 0. The van der Waals surface area contributed by atoms with E-state index in [0.717, 1.165) is 31.4 Å². The molecule has 2 atom stereocenters. The molecule has 0 saturated carbocycles. The van der Waals surface area contributed by atoms with E-state index in [4.69, 9.17) is 11.2 Å². The highest BCUT2D eigenvalue weighted by atomic mass is 16.5. The lowest BCUT2D eigenvalue weighted by molar-refractivity contribution is -0.144. The lowest BCUT2D eigenvalue weighted by Crippen LogP contribution is -2.45. The highest BCUT2D eigenvalue weighted by molar-refractivity contribution is 5.79. The van der Waals surface area contributed by atoms with Gasteiger partial charge in [0.25, 0.3) is 0 Å². The van der Waals surface area contributed by atoms with E-state index in [1.807, 2.05) is 30.3 Å². The average molecular weight is 271 g/mol. The Morgan fingerprint density at radius 1 is 1.45 bits per heavy atom. The minimum absolute atomic E-state index is 0.134. The van der Waals surface area contributed by atoms with E-state index in [0.29, 0.717) is 6.54 Å². The molecule has 1 aliphatic heterocycles. The first-order valence-corrected chi connectivity index (χ1v) is 7.08. The fraction of sp³-hybridized carbons (Fsp3) is 0.471. The van der Waals surface area contributed by atoms with Gasteiger partial charge in [-0.2, -0.15) is 0 Å². The first kappa shape index (κ1) is 14.6. The standard InChI is InChI=1S/C17H21NO2/c1-3-12-18-13-8-7-11-15(18)16(17(19)20-2)14-9-5-4-6-10-14/h1,4-6,9-10,15-16H,7-8,11-13H2,2H3. The number of terminal acetylenes is 1. The monoisotopic (exact) mass is 271 g/mol.